The molecule has 0 spiro atoms. The van der Waals surface area contributed by atoms with Gasteiger partial charge >= 0.3 is 0 Å². The molecule has 0 aliphatic heterocycles. The molecule has 2 aromatic carbocycles. The summed E-state index contributed by atoms with van der Waals surface area (Å²) in [5, 5.41) is 0.645. The van der Waals surface area contributed by atoms with Crippen LogP contribution in [-0.2, 0) is 12.8 Å². The first-order valence-corrected chi connectivity index (χ1v) is 7.76. The lowest BCUT2D eigenvalue weighted by molar-refractivity contribution is 0.483. The number of nitrogens with two attached hydrogens (primary N) is 1. The van der Waals surface area contributed by atoms with Gasteiger partial charge in [-0.3, -0.25) is 0 Å². The monoisotopic (exact) mass is 373 g/mol. The molecule has 1 unspecified atom stereocenters. The Balaban J connectivity index is 2.21. The van der Waals surface area contributed by atoms with E-state index in [1.165, 1.54) is 12.1 Å². The maximum Gasteiger partial charge on any atom is 0.143 e. The molecule has 0 saturated carbocycles. The Morgan fingerprint density at radius 3 is 2.48 bits per heavy atom. The van der Waals surface area contributed by atoms with Gasteiger partial charge in [0.1, 0.15) is 11.6 Å². The Morgan fingerprint density at radius 1 is 1.10 bits per heavy atom. The second kappa shape index (κ2) is 7.34. The van der Waals surface area contributed by atoms with Gasteiger partial charge in [0, 0.05) is 10.6 Å². The zero-order chi connectivity index (χ0) is 15.4. The minimum Gasteiger partial charge on any atom is -0.330 e. The molecule has 112 valence electrons. The summed E-state index contributed by atoms with van der Waals surface area (Å²) < 4.78 is 28.1. The predicted octanol–water partition coefficient (Wildman–Crippen LogP) is 4.74. The van der Waals surface area contributed by atoms with Crippen LogP contribution in [-0.4, -0.2) is 6.54 Å². The van der Waals surface area contributed by atoms with E-state index in [0.717, 1.165) is 5.56 Å². The van der Waals surface area contributed by atoms with Crippen molar-refractivity contribution in [3.05, 3.63) is 68.7 Å². The molecule has 1 nitrogen and oxygen atoms in total. The number of hydrogen-bond donors (Lipinski definition) is 1. The molecule has 21 heavy (non-hydrogen) atoms. The summed E-state index contributed by atoms with van der Waals surface area (Å²) in [5.74, 6) is -1.19. The molecule has 2 aromatic rings. The average molecular weight is 375 g/mol. The van der Waals surface area contributed by atoms with Gasteiger partial charge in [0.05, 0.1) is 4.47 Å². The summed E-state index contributed by atoms with van der Waals surface area (Å²) >= 11 is 9.20. The van der Waals surface area contributed by atoms with Crippen LogP contribution in [0.15, 0.2) is 40.9 Å². The summed E-state index contributed by atoms with van der Waals surface area (Å²) in [5.41, 5.74) is 6.75. The van der Waals surface area contributed by atoms with Crippen molar-refractivity contribution in [2.24, 2.45) is 11.7 Å². The van der Waals surface area contributed by atoms with E-state index in [2.05, 4.69) is 15.9 Å². The van der Waals surface area contributed by atoms with Gasteiger partial charge in [0.25, 0.3) is 0 Å². The molecule has 0 aliphatic carbocycles. The van der Waals surface area contributed by atoms with Crippen molar-refractivity contribution in [3.8, 4) is 0 Å². The van der Waals surface area contributed by atoms with Crippen LogP contribution in [0.2, 0.25) is 5.02 Å². The zero-order valence-corrected chi connectivity index (χ0v) is 13.6. The lowest BCUT2D eigenvalue weighted by Gasteiger charge is -2.17. The fourth-order valence-corrected chi connectivity index (χ4v) is 2.84. The van der Waals surface area contributed by atoms with E-state index in [0.29, 0.717) is 18.0 Å². The van der Waals surface area contributed by atoms with Crippen molar-refractivity contribution in [1.82, 2.24) is 0 Å². The molecule has 0 saturated heterocycles. The van der Waals surface area contributed by atoms with Crippen molar-refractivity contribution >= 4 is 27.5 Å². The predicted molar refractivity (Wildman–Crippen MR) is 85.5 cm³/mol. The first kappa shape index (κ1) is 16.4. The standard InChI is InChI=1S/C16H15BrClF2N/c17-13-5-6-15(19)12(16(13)20)8-10(9-21)7-11-3-1-2-4-14(11)18/h1-6,10H,7-9,21H2. The molecule has 0 aliphatic rings. The summed E-state index contributed by atoms with van der Waals surface area (Å²) in [7, 11) is 0. The summed E-state index contributed by atoms with van der Waals surface area (Å²) in [6.45, 7) is 0.330. The molecule has 0 bridgehead atoms. The molecule has 2 rings (SSSR count). The van der Waals surface area contributed by atoms with Crippen LogP contribution in [0.25, 0.3) is 0 Å². The van der Waals surface area contributed by atoms with Gasteiger partial charge in [-0.25, -0.2) is 8.78 Å². The van der Waals surface area contributed by atoms with E-state index in [-0.39, 0.29) is 22.4 Å². The van der Waals surface area contributed by atoms with Crippen LogP contribution in [0.4, 0.5) is 8.78 Å². The van der Waals surface area contributed by atoms with Crippen molar-refractivity contribution in [2.45, 2.75) is 12.8 Å². The van der Waals surface area contributed by atoms with E-state index in [4.69, 9.17) is 17.3 Å². The molecular weight excluding hydrogens is 360 g/mol. The molecule has 0 amide bonds. The third kappa shape index (κ3) is 4.02. The van der Waals surface area contributed by atoms with Gasteiger partial charge < -0.3 is 5.73 Å². The Bertz CT molecular complexity index is 634. The normalized spacial score (nSPS) is 12.4. The smallest absolute Gasteiger partial charge is 0.143 e. The Hall–Kier alpha value is -0.970. The molecule has 2 N–H and O–H groups in total. The van der Waals surface area contributed by atoms with Gasteiger partial charge in [0.15, 0.2) is 0 Å². The van der Waals surface area contributed by atoms with Gasteiger partial charge in [-0.05, 0) is 65.0 Å². The number of benzene rings is 2. The second-order valence-corrected chi connectivity index (χ2v) is 6.18. The lowest BCUT2D eigenvalue weighted by atomic mass is 9.92. The van der Waals surface area contributed by atoms with Crippen molar-refractivity contribution < 1.29 is 8.78 Å². The second-order valence-electron chi connectivity index (χ2n) is 4.92. The van der Waals surface area contributed by atoms with E-state index in [1.807, 2.05) is 18.2 Å². The topological polar surface area (TPSA) is 26.0 Å². The Kier molecular flexibility index (Phi) is 5.73. The number of hydrogen-bond acceptors (Lipinski definition) is 1. The van der Waals surface area contributed by atoms with Crippen LogP contribution in [0, 0.1) is 17.6 Å². The molecule has 0 fully saturated rings. The van der Waals surface area contributed by atoms with E-state index >= 15 is 0 Å². The summed E-state index contributed by atoms with van der Waals surface area (Å²) in [4.78, 5) is 0. The number of rotatable bonds is 5. The van der Waals surface area contributed by atoms with Gasteiger partial charge in [0.2, 0.25) is 0 Å². The minimum atomic E-state index is -0.562. The average Bonchev–Trinajstić information content (AvgIpc) is 2.48. The largest absolute Gasteiger partial charge is 0.330 e. The van der Waals surface area contributed by atoms with Crippen molar-refractivity contribution in [3.63, 3.8) is 0 Å². The van der Waals surface area contributed by atoms with E-state index in [1.54, 1.807) is 6.07 Å². The van der Waals surface area contributed by atoms with Crippen LogP contribution in [0.5, 0.6) is 0 Å². The van der Waals surface area contributed by atoms with Gasteiger partial charge in [-0.1, -0.05) is 29.8 Å². The summed E-state index contributed by atoms with van der Waals surface area (Å²) in [6, 6.07) is 10.0. The van der Waals surface area contributed by atoms with Crippen LogP contribution >= 0.6 is 27.5 Å². The molecule has 0 radical (unpaired) electrons. The molecule has 0 heterocycles. The Morgan fingerprint density at radius 2 is 1.81 bits per heavy atom. The van der Waals surface area contributed by atoms with Crippen LogP contribution in [0.1, 0.15) is 11.1 Å². The maximum absolute atomic E-state index is 14.0. The van der Waals surface area contributed by atoms with E-state index in [9.17, 15) is 8.78 Å². The van der Waals surface area contributed by atoms with Crippen LogP contribution < -0.4 is 5.73 Å². The Labute approximate surface area is 136 Å². The first-order valence-electron chi connectivity index (χ1n) is 6.58. The quantitative estimate of drug-likeness (QED) is 0.752. The third-order valence-corrected chi connectivity index (χ3v) is 4.41. The fourth-order valence-electron chi connectivity index (χ4n) is 2.26. The molecule has 1 atom stereocenters. The van der Waals surface area contributed by atoms with E-state index < -0.39 is 11.6 Å². The number of halogens is 4. The molecular formula is C16H15BrClF2N. The van der Waals surface area contributed by atoms with Gasteiger partial charge in [-0.2, -0.15) is 0 Å². The third-order valence-electron chi connectivity index (χ3n) is 3.43. The SMILES string of the molecule is NCC(Cc1ccccc1Cl)Cc1c(F)ccc(Br)c1F. The minimum absolute atomic E-state index is 0.0619. The zero-order valence-electron chi connectivity index (χ0n) is 11.3. The fraction of sp³-hybridized carbons (Fsp3) is 0.250. The van der Waals surface area contributed by atoms with Crippen molar-refractivity contribution in [2.75, 3.05) is 6.54 Å². The highest BCUT2D eigenvalue weighted by atomic mass is 79.9. The first-order chi connectivity index (χ1) is 10.0. The highest BCUT2D eigenvalue weighted by Gasteiger charge is 2.18. The molecule has 5 heteroatoms. The molecule has 0 aromatic heterocycles. The maximum atomic E-state index is 14.0. The highest BCUT2D eigenvalue weighted by Crippen LogP contribution is 2.26. The van der Waals surface area contributed by atoms with Gasteiger partial charge in [-0.15, -0.1) is 0 Å². The van der Waals surface area contributed by atoms with Crippen molar-refractivity contribution in [1.29, 1.82) is 0 Å². The lowest BCUT2D eigenvalue weighted by Crippen LogP contribution is -2.20. The summed E-state index contributed by atoms with van der Waals surface area (Å²) in [6.07, 6.45) is 0.820. The highest BCUT2D eigenvalue weighted by molar-refractivity contribution is 9.10. The van der Waals surface area contributed by atoms with Crippen LogP contribution in [0.3, 0.4) is 0 Å².